The van der Waals surface area contributed by atoms with Crippen molar-refractivity contribution in [2.24, 2.45) is 0 Å². The number of benzene rings is 1. The summed E-state index contributed by atoms with van der Waals surface area (Å²) >= 11 is 6.64. The normalized spacial score (nSPS) is 11.9. The molecule has 0 fully saturated rings. The number of anilines is 1. The Morgan fingerprint density at radius 1 is 1.20 bits per heavy atom. The van der Waals surface area contributed by atoms with Crippen LogP contribution in [0.2, 0.25) is 0 Å². The predicted molar refractivity (Wildman–Crippen MR) is 81.0 cm³/mol. The van der Waals surface area contributed by atoms with Gasteiger partial charge in [-0.05, 0) is 41.9 Å². The maximum absolute atomic E-state index is 13.1. The highest BCUT2D eigenvalue weighted by atomic mass is 79.9. The van der Waals surface area contributed by atoms with E-state index in [4.69, 9.17) is 0 Å². The molecule has 0 atom stereocenters. The Morgan fingerprint density at radius 3 is 2.35 bits per heavy atom. The van der Waals surface area contributed by atoms with Crippen LogP contribution in [0.25, 0.3) is 10.9 Å². The van der Waals surface area contributed by atoms with Crippen molar-refractivity contribution in [3.8, 4) is 0 Å². The van der Waals surface area contributed by atoms with Crippen molar-refractivity contribution in [1.82, 2.24) is 4.98 Å². The van der Waals surface area contributed by atoms with Gasteiger partial charge in [0.25, 0.3) is 0 Å². The number of hydrogen-bond acceptors (Lipinski definition) is 2. The Hall–Kier alpha value is -0.820. The Labute approximate surface area is 131 Å². The average Bonchev–Trinajstić information content (AvgIpc) is 2.35. The molecule has 0 spiro atoms. The van der Waals surface area contributed by atoms with E-state index in [9.17, 15) is 13.2 Å². The summed E-state index contributed by atoms with van der Waals surface area (Å²) in [4.78, 5) is 3.81. The Bertz CT molecular complexity index is 669. The largest absolute Gasteiger partial charge is 0.433 e. The van der Waals surface area contributed by atoms with E-state index in [1.807, 2.05) is 6.92 Å². The van der Waals surface area contributed by atoms with E-state index in [1.165, 1.54) is 6.92 Å². The summed E-state index contributed by atoms with van der Waals surface area (Å²) in [7, 11) is 0. The molecular formula is C13H11Br2F3N2. The standard InChI is InChI=1S/C13H11Br2F3N2/c1-3-19-10-6(2)12(13(16,17)18)20-11-8(15)5-4-7(14)9(10)11/h4-5H,3H2,1-2H3,(H,19,20). The van der Waals surface area contributed by atoms with Gasteiger partial charge in [-0.1, -0.05) is 15.9 Å². The van der Waals surface area contributed by atoms with E-state index < -0.39 is 11.9 Å². The lowest BCUT2D eigenvalue weighted by Gasteiger charge is -2.18. The van der Waals surface area contributed by atoms with Crippen LogP contribution in [0.5, 0.6) is 0 Å². The summed E-state index contributed by atoms with van der Waals surface area (Å²) in [5.41, 5.74) is -0.0170. The summed E-state index contributed by atoms with van der Waals surface area (Å²) < 4.78 is 40.6. The van der Waals surface area contributed by atoms with Gasteiger partial charge in [-0.25, -0.2) is 4.98 Å². The van der Waals surface area contributed by atoms with Crippen LogP contribution >= 0.6 is 31.9 Å². The molecule has 0 amide bonds. The highest BCUT2D eigenvalue weighted by molar-refractivity contribution is 9.11. The zero-order chi connectivity index (χ0) is 15.1. The van der Waals surface area contributed by atoms with Gasteiger partial charge in [0.1, 0.15) is 5.69 Å². The third-order valence-corrected chi connectivity index (χ3v) is 4.20. The lowest BCUT2D eigenvalue weighted by atomic mass is 10.1. The molecule has 0 aliphatic carbocycles. The average molecular weight is 412 g/mol. The molecule has 1 N–H and O–H groups in total. The fourth-order valence-corrected chi connectivity index (χ4v) is 3.00. The van der Waals surface area contributed by atoms with Crippen molar-refractivity contribution < 1.29 is 13.2 Å². The fourth-order valence-electron chi connectivity index (χ4n) is 2.06. The zero-order valence-electron chi connectivity index (χ0n) is 10.7. The topological polar surface area (TPSA) is 24.9 Å². The Balaban J connectivity index is 2.95. The highest BCUT2D eigenvalue weighted by Gasteiger charge is 2.36. The van der Waals surface area contributed by atoms with Crippen molar-refractivity contribution >= 4 is 48.5 Å². The van der Waals surface area contributed by atoms with Gasteiger partial charge in [0.15, 0.2) is 0 Å². The van der Waals surface area contributed by atoms with Crippen LogP contribution in [-0.2, 0) is 6.18 Å². The number of nitrogens with one attached hydrogen (secondary N) is 1. The number of rotatable bonds is 2. The fraction of sp³-hybridized carbons (Fsp3) is 0.308. The van der Waals surface area contributed by atoms with E-state index >= 15 is 0 Å². The first-order valence-electron chi connectivity index (χ1n) is 5.86. The van der Waals surface area contributed by atoms with Crippen LogP contribution in [-0.4, -0.2) is 11.5 Å². The smallest absolute Gasteiger partial charge is 0.384 e. The molecule has 2 nitrogen and oxygen atoms in total. The van der Waals surface area contributed by atoms with Crippen LogP contribution < -0.4 is 5.32 Å². The van der Waals surface area contributed by atoms with E-state index in [0.29, 0.717) is 26.6 Å². The number of aromatic nitrogens is 1. The molecule has 0 saturated carbocycles. The molecule has 1 aromatic carbocycles. The molecular weight excluding hydrogens is 401 g/mol. The SMILES string of the molecule is CCNc1c(C)c(C(F)(F)F)nc2c(Br)ccc(Br)c12. The van der Waals surface area contributed by atoms with Gasteiger partial charge in [-0.2, -0.15) is 13.2 Å². The first kappa shape index (κ1) is 15.6. The quantitative estimate of drug-likeness (QED) is 0.703. The van der Waals surface area contributed by atoms with Crippen molar-refractivity contribution in [2.45, 2.75) is 20.0 Å². The van der Waals surface area contributed by atoms with Crippen LogP contribution in [0.4, 0.5) is 18.9 Å². The van der Waals surface area contributed by atoms with Gasteiger partial charge < -0.3 is 5.32 Å². The summed E-state index contributed by atoms with van der Waals surface area (Å²) in [5, 5.41) is 3.65. The van der Waals surface area contributed by atoms with Gasteiger partial charge in [0.2, 0.25) is 0 Å². The van der Waals surface area contributed by atoms with Gasteiger partial charge in [-0.3, -0.25) is 0 Å². The maximum Gasteiger partial charge on any atom is 0.433 e. The minimum atomic E-state index is -4.48. The minimum Gasteiger partial charge on any atom is -0.384 e. The van der Waals surface area contributed by atoms with Crippen LogP contribution in [0, 0.1) is 6.92 Å². The third kappa shape index (κ3) is 2.65. The molecule has 0 bridgehead atoms. The van der Waals surface area contributed by atoms with E-state index in [1.54, 1.807) is 12.1 Å². The molecule has 1 aromatic heterocycles. The number of nitrogens with zero attached hydrogens (tertiary/aromatic N) is 1. The molecule has 1 heterocycles. The Kier molecular flexibility index (Phi) is 4.30. The predicted octanol–water partition coefficient (Wildman–Crippen LogP) is 5.52. The van der Waals surface area contributed by atoms with E-state index in [0.717, 1.165) is 0 Å². The van der Waals surface area contributed by atoms with Crippen molar-refractivity contribution in [1.29, 1.82) is 0 Å². The second-order valence-corrected chi connectivity index (χ2v) is 5.95. The molecule has 0 saturated heterocycles. The second kappa shape index (κ2) is 5.52. The maximum atomic E-state index is 13.1. The summed E-state index contributed by atoms with van der Waals surface area (Å²) in [6.45, 7) is 3.79. The lowest BCUT2D eigenvalue weighted by Crippen LogP contribution is -2.13. The molecule has 2 aromatic rings. The minimum absolute atomic E-state index is 0.102. The van der Waals surface area contributed by atoms with E-state index in [-0.39, 0.29) is 11.1 Å². The number of hydrogen-bond donors (Lipinski definition) is 1. The summed E-state index contributed by atoms with van der Waals surface area (Å²) in [5.74, 6) is 0. The van der Waals surface area contributed by atoms with Gasteiger partial charge in [-0.15, -0.1) is 0 Å². The highest BCUT2D eigenvalue weighted by Crippen LogP contribution is 2.41. The molecule has 0 radical (unpaired) electrons. The third-order valence-electron chi connectivity index (χ3n) is 2.90. The number of pyridine rings is 1. The summed E-state index contributed by atoms with van der Waals surface area (Å²) in [6, 6.07) is 3.45. The van der Waals surface area contributed by atoms with Gasteiger partial charge >= 0.3 is 6.18 Å². The molecule has 2 rings (SSSR count). The first-order chi connectivity index (χ1) is 9.27. The number of halogens is 5. The van der Waals surface area contributed by atoms with Crippen LogP contribution in [0.1, 0.15) is 18.2 Å². The molecule has 0 aliphatic rings. The molecule has 0 aliphatic heterocycles. The zero-order valence-corrected chi connectivity index (χ0v) is 13.9. The first-order valence-corrected chi connectivity index (χ1v) is 7.45. The molecule has 108 valence electrons. The molecule has 20 heavy (non-hydrogen) atoms. The van der Waals surface area contributed by atoms with Crippen LogP contribution in [0.15, 0.2) is 21.1 Å². The summed E-state index contributed by atoms with van der Waals surface area (Å²) in [6.07, 6.45) is -4.48. The number of fused-ring (bicyclic) bond motifs is 1. The number of alkyl halides is 3. The Morgan fingerprint density at radius 2 is 1.80 bits per heavy atom. The van der Waals surface area contributed by atoms with Crippen molar-refractivity contribution in [3.05, 3.63) is 32.3 Å². The lowest BCUT2D eigenvalue weighted by molar-refractivity contribution is -0.141. The van der Waals surface area contributed by atoms with Crippen molar-refractivity contribution in [3.63, 3.8) is 0 Å². The molecule has 7 heteroatoms. The monoisotopic (exact) mass is 410 g/mol. The second-order valence-electron chi connectivity index (χ2n) is 4.24. The van der Waals surface area contributed by atoms with Crippen molar-refractivity contribution in [2.75, 3.05) is 11.9 Å². The van der Waals surface area contributed by atoms with Gasteiger partial charge in [0, 0.05) is 32.1 Å². The van der Waals surface area contributed by atoms with Crippen LogP contribution in [0.3, 0.4) is 0 Å². The van der Waals surface area contributed by atoms with E-state index in [2.05, 4.69) is 42.2 Å². The molecule has 0 unspecified atom stereocenters. The van der Waals surface area contributed by atoms with Gasteiger partial charge in [0.05, 0.1) is 5.52 Å².